The van der Waals surface area contributed by atoms with E-state index in [2.05, 4.69) is 109 Å². The number of allylic oxidation sites excluding steroid dienone is 1. The van der Waals surface area contributed by atoms with Crippen molar-refractivity contribution < 1.29 is 0 Å². The maximum absolute atomic E-state index is 6.75. The number of para-hydroxylation sites is 1. The SMILES string of the molecule is CC1(C)/C(=C(/NC(N)c2ccc(C3Nc4ccccc4S3)nc2)c2ccccc2)Sc2ccccc21. The normalized spacial score (nSPS) is 19.7. The second kappa shape index (κ2) is 9.36. The van der Waals surface area contributed by atoms with E-state index in [9.17, 15) is 0 Å². The third-order valence-corrected chi connectivity index (χ3v) is 9.48. The molecule has 4 nitrogen and oxygen atoms in total. The van der Waals surface area contributed by atoms with E-state index < -0.39 is 6.17 Å². The number of nitrogens with two attached hydrogens (primary N) is 1. The second-order valence-electron chi connectivity index (χ2n) is 9.57. The van der Waals surface area contributed by atoms with Crippen LogP contribution in [0.3, 0.4) is 0 Å². The number of aromatic nitrogens is 1. The Morgan fingerprint density at radius 2 is 1.64 bits per heavy atom. The van der Waals surface area contributed by atoms with Crippen molar-refractivity contribution in [3.05, 3.63) is 124 Å². The molecule has 1 aromatic heterocycles. The first-order valence-corrected chi connectivity index (χ1v) is 13.8. The van der Waals surface area contributed by atoms with Crippen LogP contribution >= 0.6 is 23.5 Å². The van der Waals surface area contributed by atoms with Gasteiger partial charge in [-0.15, -0.1) is 0 Å². The predicted octanol–water partition coefficient (Wildman–Crippen LogP) is 7.30. The van der Waals surface area contributed by atoms with Gasteiger partial charge in [-0.1, -0.05) is 104 Å². The van der Waals surface area contributed by atoms with Crippen LogP contribution in [0, 0.1) is 0 Å². The van der Waals surface area contributed by atoms with Gasteiger partial charge in [0.15, 0.2) is 0 Å². The molecular weight excluding hydrogens is 480 g/mol. The summed E-state index contributed by atoms with van der Waals surface area (Å²) in [7, 11) is 0. The van der Waals surface area contributed by atoms with Crippen LogP contribution in [0.1, 0.15) is 47.8 Å². The Labute approximate surface area is 220 Å². The van der Waals surface area contributed by atoms with Gasteiger partial charge in [0, 0.05) is 37.6 Å². The number of hydrogen-bond donors (Lipinski definition) is 3. The summed E-state index contributed by atoms with van der Waals surface area (Å²) in [6.07, 6.45) is 1.50. The summed E-state index contributed by atoms with van der Waals surface area (Å²) in [6, 6.07) is 31.7. The molecule has 0 saturated carbocycles. The van der Waals surface area contributed by atoms with Gasteiger partial charge in [0.1, 0.15) is 11.5 Å². The first-order valence-electron chi connectivity index (χ1n) is 12.1. The Kier molecular flexibility index (Phi) is 6.04. The Balaban J connectivity index is 1.28. The first kappa shape index (κ1) is 23.2. The van der Waals surface area contributed by atoms with E-state index in [0.717, 1.165) is 28.2 Å². The number of nitrogens with one attached hydrogen (secondary N) is 2. The molecule has 4 aromatic rings. The molecule has 180 valence electrons. The molecule has 2 unspecified atom stereocenters. The summed E-state index contributed by atoms with van der Waals surface area (Å²) >= 11 is 3.62. The number of hydrogen-bond acceptors (Lipinski definition) is 6. The fraction of sp³-hybridized carbons (Fsp3) is 0.167. The summed E-state index contributed by atoms with van der Waals surface area (Å²) in [4.78, 5) is 8.61. The fourth-order valence-corrected chi connectivity index (χ4v) is 7.35. The number of pyridine rings is 1. The number of rotatable bonds is 5. The van der Waals surface area contributed by atoms with Crippen LogP contribution in [0.5, 0.6) is 0 Å². The molecule has 0 amide bonds. The van der Waals surface area contributed by atoms with Crippen LogP contribution < -0.4 is 16.4 Å². The zero-order valence-electron chi connectivity index (χ0n) is 20.2. The molecule has 4 N–H and O–H groups in total. The Morgan fingerprint density at radius 3 is 2.36 bits per heavy atom. The molecular formula is C30H28N4S2. The Hall–Kier alpha value is -3.19. The van der Waals surface area contributed by atoms with Crippen LogP contribution in [0.25, 0.3) is 5.70 Å². The second-order valence-corrected chi connectivity index (χ2v) is 11.8. The van der Waals surface area contributed by atoms with Gasteiger partial charge < -0.3 is 16.4 Å². The van der Waals surface area contributed by atoms with Crippen molar-refractivity contribution in [3.63, 3.8) is 0 Å². The topological polar surface area (TPSA) is 63.0 Å². The monoisotopic (exact) mass is 508 g/mol. The number of anilines is 1. The zero-order valence-corrected chi connectivity index (χ0v) is 21.9. The van der Waals surface area contributed by atoms with Crippen LogP contribution in [-0.4, -0.2) is 4.98 Å². The molecule has 0 saturated heterocycles. The van der Waals surface area contributed by atoms with Crippen molar-refractivity contribution in [2.45, 2.75) is 40.6 Å². The first-order chi connectivity index (χ1) is 17.5. The lowest BCUT2D eigenvalue weighted by molar-refractivity contribution is 0.630. The highest BCUT2D eigenvalue weighted by atomic mass is 32.2. The van der Waals surface area contributed by atoms with Crippen LogP contribution in [0.15, 0.2) is 112 Å². The van der Waals surface area contributed by atoms with Gasteiger partial charge in [-0.2, -0.15) is 0 Å². The standard InChI is InChI=1S/C30H28N4S2/c1-30(2)21-12-6-8-14-24(21)35-27(30)26(19-10-4-3-5-11-19)34-28(31)20-16-17-23(32-18-20)29-33-22-13-7-9-15-25(22)36-29/h3-18,28-29,33-34H,31H2,1-2H3/b27-26-. The van der Waals surface area contributed by atoms with Crippen molar-refractivity contribution >= 4 is 34.9 Å². The summed E-state index contributed by atoms with van der Waals surface area (Å²) < 4.78 is 0. The Morgan fingerprint density at radius 1 is 0.917 bits per heavy atom. The molecule has 3 heterocycles. The molecule has 0 radical (unpaired) electrons. The average Bonchev–Trinajstić information content (AvgIpc) is 3.46. The molecule has 6 rings (SSSR count). The summed E-state index contributed by atoms with van der Waals surface area (Å²) in [5, 5.41) is 7.32. The van der Waals surface area contributed by atoms with Gasteiger partial charge in [-0.25, -0.2) is 0 Å². The molecule has 0 bridgehead atoms. The quantitative estimate of drug-likeness (QED) is 0.246. The highest BCUT2D eigenvalue weighted by molar-refractivity contribution is 8.03. The predicted molar refractivity (Wildman–Crippen MR) is 152 cm³/mol. The Bertz CT molecular complexity index is 1410. The maximum atomic E-state index is 6.75. The van der Waals surface area contributed by atoms with E-state index in [1.165, 1.54) is 20.3 Å². The molecule has 0 aliphatic carbocycles. The number of benzene rings is 3. The molecule has 0 spiro atoms. The number of fused-ring (bicyclic) bond motifs is 2. The minimum atomic E-state index is -0.393. The number of nitrogens with zero attached hydrogens (tertiary/aromatic N) is 1. The van der Waals surface area contributed by atoms with Crippen LogP contribution in [-0.2, 0) is 5.41 Å². The van der Waals surface area contributed by atoms with Crippen molar-refractivity contribution in [2.75, 3.05) is 5.32 Å². The molecule has 0 fully saturated rings. The molecule has 36 heavy (non-hydrogen) atoms. The smallest absolute Gasteiger partial charge is 0.120 e. The maximum Gasteiger partial charge on any atom is 0.120 e. The van der Waals surface area contributed by atoms with E-state index in [0.29, 0.717) is 0 Å². The van der Waals surface area contributed by atoms with E-state index in [1.807, 2.05) is 24.0 Å². The third kappa shape index (κ3) is 4.19. The van der Waals surface area contributed by atoms with Gasteiger partial charge in [-0.05, 0) is 35.4 Å². The summed E-state index contributed by atoms with van der Waals surface area (Å²) in [5.41, 5.74) is 13.3. The summed E-state index contributed by atoms with van der Waals surface area (Å²) in [6.45, 7) is 4.58. The minimum absolute atomic E-state index is 0.108. The van der Waals surface area contributed by atoms with Crippen molar-refractivity contribution in [1.82, 2.24) is 10.3 Å². The molecule has 6 heteroatoms. The van der Waals surface area contributed by atoms with Crippen LogP contribution in [0.2, 0.25) is 0 Å². The van der Waals surface area contributed by atoms with E-state index >= 15 is 0 Å². The van der Waals surface area contributed by atoms with E-state index in [1.54, 1.807) is 11.8 Å². The van der Waals surface area contributed by atoms with Gasteiger partial charge in [0.2, 0.25) is 0 Å². The zero-order chi connectivity index (χ0) is 24.7. The van der Waals surface area contributed by atoms with Crippen molar-refractivity contribution in [1.29, 1.82) is 0 Å². The lowest BCUT2D eigenvalue weighted by atomic mass is 9.83. The largest absolute Gasteiger partial charge is 0.367 e. The average molecular weight is 509 g/mol. The summed E-state index contributed by atoms with van der Waals surface area (Å²) in [5.74, 6) is 0. The van der Waals surface area contributed by atoms with Crippen LogP contribution in [0.4, 0.5) is 5.69 Å². The third-order valence-electron chi connectivity index (χ3n) is 6.78. The van der Waals surface area contributed by atoms with Crippen molar-refractivity contribution in [2.24, 2.45) is 5.73 Å². The van der Waals surface area contributed by atoms with Gasteiger partial charge >= 0.3 is 0 Å². The van der Waals surface area contributed by atoms with Gasteiger partial charge in [0.25, 0.3) is 0 Å². The molecule has 3 aromatic carbocycles. The van der Waals surface area contributed by atoms with E-state index in [4.69, 9.17) is 10.7 Å². The minimum Gasteiger partial charge on any atom is -0.367 e. The molecule has 2 aliphatic rings. The van der Waals surface area contributed by atoms with E-state index in [-0.39, 0.29) is 10.8 Å². The fourth-order valence-electron chi connectivity index (χ4n) is 4.80. The van der Waals surface area contributed by atoms with Gasteiger partial charge in [-0.3, -0.25) is 4.98 Å². The number of thioether (sulfide) groups is 2. The molecule has 2 aliphatic heterocycles. The van der Waals surface area contributed by atoms with Crippen molar-refractivity contribution in [3.8, 4) is 0 Å². The highest BCUT2D eigenvalue weighted by Gasteiger charge is 2.38. The lowest BCUT2D eigenvalue weighted by Crippen LogP contribution is -2.30. The lowest BCUT2D eigenvalue weighted by Gasteiger charge is -2.27. The highest BCUT2D eigenvalue weighted by Crippen LogP contribution is 2.54. The van der Waals surface area contributed by atoms with Gasteiger partial charge in [0.05, 0.1) is 11.4 Å². The molecule has 2 atom stereocenters.